The largest absolute Gasteiger partial charge is 0.458 e. The van der Waals surface area contributed by atoms with Gasteiger partial charge in [0.25, 0.3) is 0 Å². The molecule has 4 nitrogen and oxygen atoms in total. The zero-order valence-corrected chi connectivity index (χ0v) is 9.96. The van der Waals surface area contributed by atoms with E-state index in [-0.39, 0.29) is 17.5 Å². The van der Waals surface area contributed by atoms with E-state index in [0.717, 1.165) is 19.3 Å². The highest BCUT2D eigenvalue weighted by molar-refractivity contribution is 7.91. The van der Waals surface area contributed by atoms with E-state index in [4.69, 9.17) is 4.74 Å². The van der Waals surface area contributed by atoms with Gasteiger partial charge in [0.05, 0.1) is 11.5 Å². The first-order chi connectivity index (χ1) is 7.57. The molecule has 1 fully saturated rings. The molecule has 1 saturated heterocycles. The van der Waals surface area contributed by atoms with Crippen molar-refractivity contribution in [3.05, 3.63) is 11.6 Å². The summed E-state index contributed by atoms with van der Waals surface area (Å²) in [6.45, 7) is 0. The summed E-state index contributed by atoms with van der Waals surface area (Å²) in [6, 6.07) is 0. The molecule has 0 spiro atoms. The summed E-state index contributed by atoms with van der Waals surface area (Å²) >= 11 is 0. The van der Waals surface area contributed by atoms with Gasteiger partial charge in [-0.2, -0.15) is 0 Å². The van der Waals surface area contributed by atoms with Crippen LogP contribution in [0, 0.1) is 0 Å². The van der Waals surface area contributed by atoms with E-state index in [1.54, 1.807) is 0 Å². The van der Waals surface area contributed by atoms with Crippen molar-refractivity contribution in [1.82, 2.24) is 0 Å². The number of sulfone groups is 1. The Kier molecular flexibility index (Phi) is 3.33. The number of ether oxygens (including phenoxy) is 1. The van der Waals surface area contributed by atoms with Crippen LogP contribution in [0.4, 0.5) is 0 Å². The second-order valence-corrected chi connectivity index (χ2v) is 6.63. The molecule has 0 aromatic rings. The predicted octanol–water partition coefficient (Wildman–Crippen LogP) is 1.22. The molecule has 90 valence electrons. The minimum Gasteiger partial charge on any atom is -0.458 e. The summed E-state index contributed by atoms with van der Waals surface area (Å²) < 4.78 is 27.9. The van der Waals surface area contributed by atoms with Gasteiger partial charge in [-0.1, -0.05) is 6.08 Å². The van der Waals surface area contributed by atoms with Gasteiger partial charge in [0.1, 0.15) is 6.10 Å². The summed E-state index contributed by atoms with van der Waals surface area (Å²) in [4.78, 5) is 11.6. The van der Waals surface area contributed by atoms with Crippen molar-refractivity contribution in [3.8, 4) is 0 Å². The Morgan fingerprint density at radius 2 is 2.19 bits per heavy atom. The lowest BCUT2D eigenvalue weighted by Gasteiger charge is -2.22. The van der Waals surface area contributed by atoms with Crippen LogP contribution in [0.1, 0.15) is 32.1 Å². The third-order valence-electron chi connectivity index (χ3n) is 3.00. The maximum absolute atomic E-state index is 11.6. The lowest BCUT2D eigenvalue weighted by molar-refractivity contribution is -0.143. The maximum atomic E-state index is 11.6. The van der Waals surface area contributed by atoms with Crippen LogP contribution in [0.25, 0.3) is 0 Å². The number of hydrogen-bond acceptors (Lipinski definition) is 4. The molecule has 1 unspecified atom stereocenters. The van der Waals surface area contributed by atoms with Crippen molar-refractivity contribution in [2.24, 2.45) is 0 Å². The molecule has 0 saturated carbocycles. The second kappa shape index (κ2) is 4.57. The summed E-state index contributed by atoms with van der Waals surface area (Å²) in [7, 11) is -3.00. The van der Waals surface area contributed by atoms with Gasteiger partial charge in [-0.3, -0.25) is 0 Å². The Labute approximate surface area is 95.6 Å². The fourth-order valence-corrected chi connectivity index (χ4v) is 3.73. The topological polar surface area (TPSA) is 60.4 Å². The Balaban J connectivity index is 1.92. The van der Waals surface area contributed by atoms with Crippen molar-refractivity contribution in [2.45, 2.75) is 38.2 Å². The quantitative estimate of drug-likeness (QED) is 0.685. The van der Waals surface area contributed by atoms with Crippen LogP contribution < -0.4 is 0 Å². The number of carbonyl (C=O) groups excluding carboxylic acids is 1. The maximum Gasteiger partial charge on any atom is 0.333 e. The fourth-order valence-electron chi connectivity index (χ4n) is 2.16. The van der Waals surface area contributed by atoms with E-state index >= 15 is 0 Å². The lowest BCUT2D eigenvalue weighted by atomic mass is 10.2. The first-order valence-corrected chi connectivity index (χ1v) is 7.49. The van der Waals surface area contributed by atoms with Crippen LogP contribution in [-0.4, -0.2) is 32.0 Å². The van der Waals surface area contributed by atoms with E-state index in [0.29, 0.717) is 18.4 Å². The van der Waals surface area contributed by atoms with Gasteiger partial charge in [-0.15, -0.1) is 0 Å². The molecular weight excluding hydrogens is 228 g/mol. The van der Waals surface area contributed by atoms with Crippen molar-refractivity contribution < 1.29 is 17.9 Å². The van der Waals surface area contributed by atoms with Gasteiger partial charge < -0.3 is 4.74 Å². The van der Waals surface area contributed by atoms with Crippen LogP contribution in [0.5, 0.6) is 0 Å². The zero-order valence-electron chi connectivity index (χ0n) is 9.15. The van der Waals surface area contributed by atoms with E-state index in [1.807, 2.05) is 6.08 Å². The third-order valence-corrected chi connectivity index (χ3v) is 4.79. The number of rotatable bonds is 2. The summed E-state index contributed by atoms with van der Waals surface area (Å²) in [5, 5.41) is 0. The second-order valence-electron chi connectivity index (χ2n) is 4.41. The normalized spacial score (nSPS) is 28.5. The molecule has 1 heterocycles. The van der Waals surface area contributed by atoms with E-state index in [2.05, 4.69) is 0 Å². The molecule has 0 amide bonds. The molecule has 2 rings (SSSR count). The smallest absolute Gasteiger partial charge is 0.333 e. The van der Waals surface area contributed by atoms with Gasteiger partial charge in [0, 0.05) is 5.57 Å². The van der Waals surface area contributed by atoms with Crippen molar-refractivity contribution >= 4 is 15.8 Å². The van der Waals surface area contributed by atoms with Crippen LogP contribution in [0.2, 0.25) is 0 Å². The standard InChI is InChI=1S/C11H16O4S/c12-11(9-4-1-2-5-9)15-10-6-3-7-16(13,14)8-10/h4,10H,1-3,5-8H2. The van der Waals surface area contributed by atoms with E-state index < -0.39 is 15.9 Å². The molecule has 0 radical (unpaired) electrons. The Morgan fingerprint density at radius 3 is 2.81 bits per heavy atom. The van der Waals surface area contributed by atoms with Crippen LogP contribution >= 0.6 is 0 Å². The summed E-state index contributed by atoms with van der Waals surface area (Å²) in [6.07, 6.45) is 5.39. The first kappa shape index (κ1) is 11.6. The van der Waals surface area contributed by atoms with Crippen LogP contribution in [-0.2, 0) is 19.4 Å². The Morgan fingerprint density at radius 1 is 1.38 bits per heavy atom. The van der Waals surface area contributed by atoms with Crippen LogP contribution in [0.15, 0.2) is 11.6 Å². The molecule has 1 atom stereocenters. The van der Waals surface area contributed by atoms with Gasteiger partial charge in [-0.25, -0.2) is 13.2 Å². The Bertz CT molecular complexity index is 408. The minimum absolute atomic E-state index is 0.00792. The molecule has 5 heteroatoms. The molecule has 2 aliphatic rings. The van der Waals surface area contributed by atoms with E-state index in [1.165, 1.54) is 0 Å². The number of hydrogen-bond donors (Lipinski definition) is 0. The molecule has 1 aliphatic heterocycles. The van der Waals surface area contributed by atoms with E-state index in [9.17, 15) is 13.2 Å². The summed E-state index contributed by atoms with van der Waals surface area (Å²) in [5.41, 5.74) is 0.711. The van der Waals surface area contributed by atoms with Gasteiger partial charge >= 0.3 is 5.97 Å². The highest BCUT2D eigenvalue weighted by atomic mass is 32.2. The molecule has 0 aromatic heterocycles. The molecule has 0 aromatic carbocycles. The minimum atomic E-state index is -3.00. The van der Waals surface area contributed by atoms with Gasteiger partial charge in [-0.05, 0) is 32.1 Å². The first-order valence-electron chi connectivity index (χ1n) is 5.67. The SMILES string of the molecule is O=C(OC1CCCS(=O)(=O)C1)C1=CCCC1. The molecule has 0 N–H and O–H groups in total. The fraction of sp³-hybridized carbons (Fsp3) is 0.727. The number of carbonyl (C=O) groups is 1. The van der Waals surface area contributed by atoms with Crippen molar-refractivity contribution in [3.63, 3.8) is 0 Å². The van der Waals surface area contributed by atoms with Gasteiger partial charge in [0.2, 0.25) is 0 Å². The van der Waals surface area contributed by atoms with Crippen LogP contribution in [0.3, 0.4) is 0 Å². The summed E-state index contributed by atoms with van der Waals surface area (Å²) in [5.74, 6) is -0.102. The highest BCUT2D eigenvalue weighted by Gasteiger charge is 2.28. The average Bonchev–Trinajstić information content (AvgIpc) is 2.68. The number of esters is 1. The number of allylic oxidation sites excluding steroid dienone is 1. The third kappa shape index (κ3) is 2.84. The predicted molar refractivity (Wildman–Crippen MR) is 59.7 cm³/mol. The zero-order chi connectivity index (χ0) is 11.6. The highest BCUT2D eigenvalue weighted by Crippen LogP contribution is 2.21. The monoisotopic (exact) mass is 244 g/mol. The Hall–Kier alpha value is -0.840. The van der Waals surface area contributed by atoms with Gasteiger partial charge in [0.15, 0.2) is 9.84 Å². The molecule has 0 bridgehead atoms. The molecular formula is C11H16O4S. The average molecular weight is 244 g/mol. The molecule has 1 aliphatic carbocycles. The lowest BCUT2D eigenvalue weighted by Crippen LogP contribution is -2.33. The van der Waals surface area contributed by atoms with Crippen molar-refractivity contribution in [2.75, 3.05) is 11.5 Å². The van der Waals surface area contributed by atoms with Crippen molar-refractivity contribution in [1.29, 1.82) is 0 Å². The molecule has 16 heavy (non-hydrogen) atoms.